The van der Waals surface area contributed by atoms with Gasteiger partial charge in [-0.15, -0.1) is 0 Å². The van der Waals surface area contributed by atoms with Crippen molar-refractivity contribution in [3.63, 3.8) is 0 Å². The fraction of sp³-hybridized carbons (Fsp3) is 0.552. The molecule has 2 N–H and O–H groups in total. The van der Waals surface area contributed by atoms with Crippen LogP contribution in [0.2, 0.25) is 0 Å². The first-order valence-corrected chi connectivity index (χ1v) is 29.5. The van der Waals surface area contributed by atoms with E-state index in [0.29, 0.717) is 18.7 Å². The third kappa shape index (κ3) is 15.1. The summed E-state index contributed by atoms with van der Waals surface area (Å²) in [5.41, 5.74) is 6.58. The van der Waals surface area contributed by atoms with E-state index in [9.17, 15) is 25.1 Å². The van der Waals surface area contributed by atoms with Gasteiger partial charge in [-0.1, -0.05) is 242 Å². The highest BCUT2D eigenvalue weighted by atomic mass is 16.4. The molecule has 0 aromatic heterocycles. The Morgan fingerprint density at radius 2 is 1.07 bits per heavy atom. The standard InChI is InChI=1S/C67H91N3O4/c1-5-8-11-14-17-20-23-30-47-66(4)58-41-39-54-33-26-28-35-56(54)64(58)69(50-45-62(71)72)60(66)43-37-53(52-68)38-44-61-67(48-31-24-21-18-15-12-9-6-2,49-32-25-22-19-16-13-10-7-3)59-42-40-55-34-27-29-36-57(55)65(59)70(61)51-46-63(73)74/h26-29,33-44H,5-25,30-32,45-51H2,1-4H3,(H-,71,72,73,74)/p+1. The van der Waals surface area contributed by atoms with Crippen molar-refractivity contribution in [2.24, 2.45) is 0 Å². The molecule has 2 aliphatic heterocycles. The number of fused-ring (bicyclic) bond motifs is 6. The van der Waals surface area contributed by atoms with Crippen LogP contribution in [0, 0.1) is 11.3 Å². The van der Waals surface area contributed by atoms with Gasteiger partial charge in [0, 0.05) is 34.7 Å². The third-order valence-corrected chi connectivity index (χ3v) is 16.6. The minimum Gasteiger partial charge on any atom is -0.481 e. The molecule has 7 heteroatoms. The fourth-order valence-electron chi connectivity index (χ4n) is 12.5. The number of carboxylic acid groups (broad SMARTS) is 2. The molecule has 0 bridgehead atoms. The van der Waals surface area contributed by atoms with Crippen molar-refractivity contribution < 1.29 is 24.4 Å². The highest BCUT2D eigenvalue weighted by molar-refractivity contribution is 6.08. The Morgan fingerprint density at radius 1 is 0.595 bits per heavy atom. The third-order valence-electron chi connectivity index (χ3n) is 16.6. The largest absolute Gasteiger partial charge is 0.481 e. The van der Waals surface area contributed by atoms with Crippen LogP contribution in [0.25, 0.3) is 21.5 Å². The summed E-state index contributed by atoms with van der Waals surface area (Å²) < 4.78 is 2.24. The van der Waals surface area contributed by atoms with Crippen molar-refractivity contribution in [3.05, 3.63) is 119 Å². The number of rotatable bonds is 36. The molecule has 2 aliphatic rings. The highest BCUT2D eigenvalue weighted by Gasteiger charge is 2.49. The van der Waals surface area contributed by atoms with Crippen LogP contribution in [0.4, 0.5) is 11.4 Å². The number of aliphatic carboxylic acids is 2. The second kappa shape index (κ2) is 30.2. The number of unbranched alkanes of at least 4 members (excludes halogenated alkanes) is 21. The molecule has 0 spiro atoms. The number of hydrogen-bond donors (Lipinski definition) is 2. The molecule has 398 valence electrons. The zero-order chi connectivity index (χ0) is 52.6. The number of nitriles is 1. The van der Waals surface area contributed by atoms with Crippen LogP contribution in [0.1, 0.15) is 225 Å². The number of carbonyl (C=O) groups is 2. The van der Waals surface area contributed by atoms with Crippen molar-refractivity contribution in [2.75, 3.05) is 18.0 Å². The summed E-state index contributed by atoms with van der Waals surface area (Å²) in [4.78, 5) is 27.2. The van der Waals surface area contributed by atoms with Gasteiger partial charge in [-0.25, -0.2) is 0 Å². The summed E-state index contributed by atoms with van der Waals surface area (Å²) in [6, 6.07) is 28.6. The van der Waals surface area contributed by atoms with Crippen LogP contribution in [-0.2, 0) is 20.4 Å². The zero-order valence-corrected chi connectivity index (χ0v) is 46.2. The summed E-state index contributed by atoms with van der Waals surface area (Å²) in [6.45, 7) is 9.79. The van der Waals surface area contributed by atoms with Gasteiger partial charge in [-0.3, -0.25) is 9.59 Å². The van der Waals surface area contributed by atoms with Crippen LogP contribution in [-0.4, -0.2) is 45.5 Å². The topological polar surface area (TPSA) is 105 Å². The average Bonchev–Trinajstić information content (AvgIpc) is 3.81. The molecule has 2 heterocycles. The van der Waals surface area contributed by atoms with E-state index in [4.69, 9.17) is 0 Å². The summed E-state index contributed by atoms with van der Waals surface area (Å²) in [5.74, 6) is -1.66. The van der Waals surface area contributed by atoms with Crippen molar-refractivity contribution in [1.82, 2.24) is 0 Å². The highest BCUT2D eigenvalue weighted by Crippen LogP contribution is 2.56. The van der Waals surface area contributed by atoms with Crippen molar-refractivity contribution in [1.29, 1.82) is 5.26 Å². The van der Waals surface area contributed by atoms with Crippen molar-refractivity contribution in [2.45, 2.75) is 225 Å². The molecule has 0 saturated heterocycles. The van der Waals surface area contributed by atoms with Crippen LogP contribution < -0.4 is 4.90 Å². The summed E-state index contributed by atoms with van der Waals surface area (Å²) in [5, 5.41) is 36.0. The Balaban J connectivity index is 1.44. The normalized spacial score (nSPS) is 16.8. The Hall–Kier alpha value is -5.48. The number of anilines is 1. The maximum absolute atomic E-state index is 12.5. The van der Waals surface area contributed by atoms with E-state index in [-0.39, 0.29) is 18.3 Å². The Labute approximate surface area is 446 Å². The number of nitrogens with zero attached hydrogens (tertiary/aromatic N) is 3. The number of carboxylic acids is 2. The van der Waals surface area contributed by atoms with Gasteiger partial charge >= 0.3 is 11.9 Å². The summed E-state index contributed by atoms with van der Waals surface area (Å²) >= 11 is 0. The van der Waals surface area contributed by atoms with Crippen molar-refractivity contribution >= 4 is 50.6 Å². The quantitative estimate of drug-likeness (QED) is 0.0204. The van der Waals surface area contributed by atoms with Crippen LogP contribution >= 0.6 is 0 Å². The maximum Gasteiger partial charge on any atom is 0.309 e. The van der Waals surface area contributed by atoms with Gasteiger partial charge in [0.05, 0.1) is 34.6 Å². The first-order chi connectivity index (χ1) is 36.1. The Morgan fingerprint density at radius 3 is 1.59 bits per heavy atom. The first-order valence-electron chi connectivity index (χ1n) is 29.5. The Kier molecular flexibility index (Phi) is 23.6. The lowest BCUT2D eigenvalue weighted by Crippen LogP contribution is -2.32. The number of hydrogen-bond acceptors (Lipinski definition) is 4. The molecule has 74 heavy (non-hydrogen) atoms. The molecule has 0 fully saturated rings. The molecule has 1 atom stereocenters. The Bertz CT molecular complexity index is 2590. The van der Waals surface area contributed by atoms with E-state index < -0.39 is 17.4 Å². The molecule has 4 aromatic rings. The molecule has 0 radical (unpaired) electrons. The maximum atomic E-state index is 12.5. The minimum atomic E-state index is -0.837. The molecule has 1 unspecified atom stereocenters. The molecular formula is C67H92N3O4+. The van der Waals surface area contributed by atoms with Crippen LogP contribution in [0.5, 0.6) is 0 Å². The van der Waals surface area contributed by atoms with Gasteiger partial charge in [0.15, 0.2) is 12.3 Å². The fourth-order valence-corrected chi connectivity index (χ4v) is 12.5. The van der Waals surface area contributed by atoms with Gasteiger partial charge in [0.2, 0.25) is 5.69 Å². The van der Waals surface area contributed by atoms with Gasteiger partial charge in [0.1, 0.15) is 6.42 Å². The molecule has 0 saturated carbocycles. The van der Waals surface area contributed by atoms with E-state index in [1.807, 2.05) is 12.2 Å². The van der Waals surface area contributed by atoms with E-state index >= 15 is 0 Å². The van der Waals surface area contributed by atoms with E-state index in [2.05, 4.69) is 128 Å². The van der Waals surface area contributed by atoms with E-state index in [1.165, 1.54) is 127 Å². The predicted octanol–water partition coefficient (Wildman–Crippen LogP) is 18.5. The molecule has 6 rings (SSSR count). The van der Waals surface area contributed by atoms with Gasteiger partial charge < -0.3 is 15.1 Å². The second-order valence-corrected chi connectivity index (χ2v) is 22.0. The monoisotopic (exact) mass is 1000 g/mol. The van der Waals surface area contributed by atoms with E-state index in [0.717, 1.165) is 102 Å². The van der Waals surface area contributed by atoms with Crippen LogP contribution in [0.15, 0.2) is 108 Å². The second-order valence-electron chi connectivity index (χ2n) is 22.0. The average molecular weight is 1000 g/mol. The summed E-state index contributed by atoms with van der Waals surface area (Å²) in [7, 11) is 0. The smallest absolute Gasteiger partial charge is 0.309 e. The lowest BCUT2D eigenvalue weighted by Gasteiger charge is -2.34. The lowest BCUT2D eigenvalue weighted by molar-refractivity contribution is -0.435. The first kappa shape index (κ1) is 57.8. The van der Waals surface area contributed by atoms with E-state index in [1.54, 1.807) is 0 Å². The summed E-state index contributed by atoms with van der Waals surface area (Å²) in [6.07, 6.45) is 40.5. The molecular weight excluding hydrogens is 911 g/mol. The predicted molar refractivity (Wildman–Crippen MR) is 311 cm³/mol. The van der Waals surface area contributed by atoms with Crippen LogP contribution in [0.3, 0.4) is 0 Å². The zero-order valence-electron chi connectivity index (χ0n) is 46.2. The minimum absolute atomic E-state index is 0.00248. The molecule has 0 aliphatic carbocycles. The lowest BCUT2D eigenvalue weighted by atomic mass is 9.71. The molecule has 0 amide bonds. The van der Waals surface area contributed by atoms with Gasteiger partial charge in [-0.2, -0.15) is 9.84 Å². The van der Waals surface area contributed by atoms with Gasteiger partial charge in [0.25, 0.3) is 0 Å². The molecule has 4 aromatic carbocycles. The number of benzene rings is 4. The number of allylic oxidation sites excluding steroid dienone is 6. The van der Waals surface area contributed by atoms with Crippen molar-refractivity contribution in [3.8, 4) is 6.07 Å². The molecule has 7 nitrogen and oxygen atoms in total. The SMILES string of the molecule is CCCCCCCCCCC1(C)C(/C=C/C(C#N)=C/C=C2/N(CCC(=O)O)c3c(ccc4ccccc34)C2(CCCCCCCCCC)CCCCCCCCCC)=[N+](CCC(=O)O)c2c1ccc1ccccc21. The van der Waals surface area contributed by atoms with Gasteiger partial charge in [-0.05, 0) is 66.8 Å².